The number of amides is 1. The fourth-order valence-electron chi connectivity index (χ4n) is 2.29. The van der Waals surface area contributed by atoms with Gasteiger partial charge in [0.25, 0.3) is 0 Å². The predicted octanol–water partition coefficient (Wildman–Crippen LogP) is -0.513. The molecule has 2 heterocycles. The predicted molar refractivity (Wildman–Crippen MR) is 59.6 cm³/mol. The first-order chi connectivity index (χ1) is 8.15. The van der Waals surface area contributed by atoms with E-state index in [1.807, 2.05) is 0 Å². The van der Waals surface area contributed by atoms with Gasteiger partial charge in [0.05, 0.1) is 6.10 Å². The van der Waals surface area contributed by atoms with Gasteiger partial charge in [0, 0.05) is 25.6 Å². The minimum Gasteiger partial charge on any atom is -0.479 e. The molecule has 6 heteroatoms. The summed E-state index contributed by atoms with van der Waals surface area (Å²) in [4.78, 5) is 21.6. The fourth-order valence-corrected chi connectivity index (χ4v) is 2.29. The topological polar surface area (TPSA) is 87.7 Å². The van der Waals surface area contributed by atoms with E-state index in [2.05, 4.69) is 10.6 Å². The zero-order valence-electron chi connectivity index (χ0n) is 9.65. The van der Waals surface area contributed by atoms with Crippen LogP contribution in [0.1, 0.15) is 25.7 Å². The van der Waals surface area contributed by atoms with Crippen molar-refractivity contribution in [2.24, 2.45) is 0 Å². The van der Waals surface area contributed by atoms with Gasteiger partial charge >= 0.3 is 5.97 Å². The molecule has 0 spiro atoms. The molecule has 6 nitrogen and oxygen atoms in total. The van der Waals surface area contributed by atoms with Gasteiger partial charge in [-0.1, -0.05) is 0 Å². The van der Waals surface area contributed by atoms with Gasteiger partial charge in [0.2, 0.25) is 5.91 Å². The van der Waals surface area contributed by atoms with Crippen LogP contribution >= 0.6 is 0 Å². The molecule has 17 heavy (non-hydrogen) atoms. The second kappa shape index (κ2) is 5.46. The first kappa shape index (κ1) is 12.3. The normalized spacial score (nSPS) is 32.7. The van der Waals surface area contributed by atoms with Crippen molar-refractivity contribution in [2.75, 3.05) is 13.1 Å². The maximum Gasteiger partial charge on any atom is 0.332 e. The summed E-state index contributed by atoms with van der Waals surface area (Å²) in [5.74, 6) is -0.768. The summed E-state index contributed by atoms with van der Waals surface area (Å²) in [5.41, 5.74) is 0. The van der Waals surface area contributed by atoms with Crippen LogP contribution in [-0.4, -0.2) is 48.3 Å². The summed E-state index contributed by atoms with van der Waals surface area (Å²) in [7, 11) is 0. The molecule has 0 aliphatic carbocycles. The monoisotopic (exact) mass is 242 g/mol. The Balaban J connectivity index is 1.60. The molecule has 2 fully saturated rings. The van der Waals surface area contributed by atoms with Crippen LogP contribution in [0, 0.1) is 0 Å². The molecule has 3 atom stereocenters. The van der Waals surface area contributed by atoms with E-state index in [0.29, 0.717) is 19.4 Å². The second-order valence-corrected chi connectivity index (χ2v) is 4.62. The Labute approximate surface area is 99.7 Å². The Morgan fingerprint density at radius 2 is 2.24 bits per heavy atom. The van der Waals surface area contributed by atoms with Crippen LogP contribution in [0.5, 0.6) is 0 Å². The SMILES string of the molecule is O=C1CCC(CNCC2CCC(C(=O)O)O2)N1. The van der Waals surface area contributed by atoms with Crippen LogP contribution in [0.15, 0.2) is 0 Å². The van der Waals surface area contributed by atoms with Gasteiger partial charge in [-0.15, -0.1) is 0 Å². The van der Waals surface area contributed by atoms with Crippen LogP contribution in [0.3, 0.4) is 0 Å². The second-order valence-electron chi connectivity index (χ2n) is 4.62. The molecule has 2 rings (SSSR count). The number of nitrogens with one attached hydrogen (secondary N) is 2. The smallest absolute Gasteiger partial charge is 0.332 e. The third-order valence-electron chi connectivity index (χ3n) is 3.23. The first-order valence-corrected chi connectivity index (χ1v) is 6.03. The number of carboxylic acid groups (broad SMARTS) is 1. The van der Waals surface area contributed by atoms with Crippen LogP contribution in [0.4, 0.5) is 0 Å². The molecule has 0 saturated carbocycles. The highest BCUT2D eigenvalue weighted by Gasteiger charge is 2.30. The molecule has 96 valence electrons. The molecule has 2 aliphatic heterocycles. The number of ether oxygens (including phenoxy) is 1. The quantitative estimate of drug-likeness (QED) is 0.604. The maximum absolute atomic E-state index is 11.0. The summed E-state index contributed by atoms with van der Waals surface area (Å²) < 4.78 is 5.36. The molecule has 0 aromatic carbocycles. The average Bonchev–Trinajstić information content (AvgIpc) is 2.88. The highest BCUT2D eigenvalue weighted by molar-refractivity contribution is 5.78. The lowest BCUT2D eigenvalue weighted by molar-refractivity contribution is -0.149. The van der Waals surface area contributed by atoms with E-state index in [1.54, 1.807) is 0 Å². The molecular formula is C11H18N2O4. The standard InChI is InChI=1S/C11H18N2O4/c14-10-4-1-7(13-10)5-12-6-8-2-3-9(17-8)11(15)16/h7-9,12H,1-6H2,(H,13,14)(H,15,16). The van der Waals surface area contributed by atoms with Crippen LogP contribution < -0.4 is 10.6 Å². The van der Waals surface area contributed by atoms with E-state index < -0.39 is 12.1 Å². The highest BCUT2D eigenvalue weighted by atomic mass is 16.5. The number of hydrogen-bond acceptors (Lipinski definition) is 4. The van der Waals surface area contributed by atoms with Crippen molar-refractivity contribution in [3.63, 3.8) is 0 Å². The summed E-state index contributed by atoms with van der Waals surface area (Å²) in [6.45, 7) is 1.37. The van der Waals surface area contributed by atoms with Gasteiger partial charge < -0.3 is 20.5 Å². The zero-order chi connectivity index (χ0) is 12.3. The molecule has 0 aromatic rings. The minimum atomic E-state index is -0.879. The van der Waals surface area contributed by atoms with Crippen LogP contribution in [0.2, 0.25) is 0 Å². The molecule has 0 radical (unpaired) electrons. The van der Waals surface area contributed by atoms with Gasteiger partial charge in [-0.05, 0) is 19.3 Å². The summed E-state index contributed by atoms with van der Waals surface area (Å²) in [6, 6.07) is 0.208. The lowest BCUT2D eigenvalue weighted by Crippen LogP contribution is -2.38. The first-order valence-electron chi connectivity index (χ1n) is 6.03. The molecule has 2 saturated heterocycles. The van der Waals surface area contributed by atoms with Crippen LogP contribution in [-0.2, 0) is 14.3 Å². The van der Waals surface area contributed by atoms with E-state index >= 15 is 0 Å². The summed E-state index contributed by atoms with van der Waals surface area (Å²) in [5, 5.41) is 14.9. The maximum atomic E-state index is 11.0. The Morgan fingerprint density at radius 3 is 2.82 bits per heavy atom. The Bertz CT molecular complexity index is 308. The summed E-state index contributed by atoms with van der Waals surface area (Å²) in [6.07, 6.45) is 2.17. The van der Waals surface area contributed by atoms with E-state index in [0.717, 1.165) is 19.4 Å². The Hall–Kier alpha value is -1.14. The van der Waals surface area contributed by atoms with Gasteiger partial charge in [-0.2, -0.15) is 0 Å². The van der Waals surface area contributed by atoms with Gasteiger partial charge in [-0.25, -0.2) is 4.79 Å². The molecular weight excluding hydrogens is 224 g/mol. The van der Waals surface area contributed by atoms with Crippen molar-refractivity contribution in [1.29, 1.82) is 0 Å². The highest BCUT2D eigenvalue weighted by Crippen LogP contribution is 2.19. The number of aliphatic carboxylic acids is 1. The summed E-state index contributed by atoms with van der Waals surface area (Å²) >= 11 is 0. The number of carboxylic acids is 1. The van der Waals surface area contributed by atoms with Crippen molar-refractivity contribution < 1.29 is 19.4 Å². The molecule has 0 aromatic heterocycles. The lowest BCUT2D eigenvalue weighted by Gasteiger charge is -2.15. The third-order valence-corrected chi connectivity index (χ3v) is 3.23. The van der Waals surface area contributed by atoms with Crippen molar-refractivity contribution >= 4 is 11.9 Å². The van der Waals surface area contributed by atoms with Crippen molar-refractivity contribution in [3.8, 4) is 0 Å². The van der Waals surface area contributed by atoms with E-state index in [1.165, 1.54) is 0 Å². The third kappa shape index (κ3) is 3.41. The average molecular weight is 242 g/mol. The minimum absolute atomic E-state index is 0.0202. The molecule has 1 amide bonds. The number of hydrogen-bond donors (Lipinski definition) is 3. The van der Waals surface area contributed by atoms with E-state index in [-0.39, 0.29) is 18.1 Å². The van der Waals surface area contributed by atoms with E-state index in [4.69, 9.17) is 9.84 Å². The van der Waals surface area contributed by atoms with Crippen LogP contribution in [0.25, 0.3) is 0 Å². The Morgan fingerprint density at radius 1 is 1.41 bits per heavy atom. The number of rotatable bonds is 5. The molecule has 0 bridgehead atoms. The van der Waals surface area contributed by atoms with E-state index in [9.17, 15) is 9.59 Å². The Kier molecular flexibility index (Phi) is 3.96. The number of carbonyl (C=O) groups excluding carboxylic acids is 1. The molecule has 2 aliphatic rings. The fraction of sp³-hybridized carbons (Fsp3) is 0.818. The van der Waals surface area contributed by atoms with Crippen molar-refractivity contribution in [1.82, 2.24) is 10.6 Å². The largest absolute Gasteiger partial charge is 0.479 e. The van der Waals surface area contributed by atoms with Gasteiger partial charge in [0.15, 0.2) is 6.10 Å². The number of carbonyl (C=O) groups is 2. The van der Waals surface area contributed by atoms with Gasteiger partial charge in [-0.3, -0.25) is 4.79 Å². The molecule has 3 N–H and O–H groups in total. The van der Waals surface area contributed by atoms with Gasteiger partial charge in [0.1, 0.15) is 0 Å². The van der Waals surface area contributed by atoms with Crippen molar-refractivity contribution in [3.05, 3.63) is 0 Å². The molecule has 3 unspecified atom stereocenters. The van der Waals surface area contributed by atoms with Crippen molar-refractivity contribution in [2.45, 2.75) is 43.9 Å². The lowest BCUT2D eigenvalue weighted by atomic mass is 10.2. The zero-order valence-corrected chi connectivity index (χ0v) is 9.65.